The SMILES string of the molecule is CC/C=C\C/C=C\C/C=C\CCCCCCCCCC(=O)OC(COC(=O)CCCCCCCCCCCCCCCCCCCCCCC)COP(=O)(O)OCC(O)CO. The van der Waals surface area contributed by atoms with Crippen LogP contribution < -0.4 is 0 Å². The fourth-order valence-electron chi connectivity index (χ4n) is 7.01. The van der Waals surface area contributed by atoms with Crippen LogP contribution in [0.15, 0.2) is 36.5 Å². The lowest BCUT2D eigenvalue weighted by molar-refractivity contribution is -0.161. The monoisotopic (exact) mass is 885 g/mol. The molecule has 0 aliphatic carbocycles. The second-order valence-corrected chi connectivity index (χ2v) is 18.3. The van der Waals surface area contributed by atoms with Crippen molar-refractivity contribution in [3.63, 3.8) is 0 Å². The van der Waals surface area contributed by atoms with Crippen LogP contribution in [0.4, 0.5) is 0 Å². The smallest absolute Gasteiger partial charge is 0.462 e. The maximum atomic E-state index is 12.7. The normalized spacial score (nSPS) is 14.0. The number of hydrogen-bond acceptors (Lipinski definition) is 9. The summed E-state index contributed by atoms with van der Waals surface area (Å²) in [5.41, 5.74) is 0. The zero-order valence-electron chi connectivity index (χ0n) is 39.1. The molecule has 0 spiro atoms. The molecule has 3 unspecified atom stereocenters. The lowest BCUT2D eigenvalue weighted by Crippen LogP contribution is -2.29. The van der Waals surface area contributed by atoms with Crippen LogP contribution in [-0.2, 0) is 32.7 Å². The van der Waals surface area contributed by atoms with Crippen molar-refractivity contribution in [3.8, 4) is 0 Å². The number of aliphatic hydroxyl groups is 2. The molecule has 0 aromatic heterocycles. The highest BCUT2D eigenvalue weighted by Crippen LogP contribution is 2.43. The Kier molecular flexibility index (Phi) is 44.8. The summed E-state index contributed by atoms with van der Waals surface area (Å²) in [4.78, 5) is 35.1. The van der Waals surface area contributed by atoms with Crippen LogP contribution >= 0.6 is 7.82 Å². The molecule has 0 saturated carbocycles. The molecule has 0 amide bonds. The average Bonchev–Trinajstić information content (AvgIpc) is 3.25. The van der Waals surface area contributed by atoms with Crippen LogP contribution in [0.3, 0.4) is 0 Å². The van der Waals surface area contributed by atoms with Crippen molar-refractivity contribution in [2.75, 3.05) is 26.4 Å². The van der Waals surface area contributed by atoms with Gasteiger partial charge in [0.05, 0.1) is 19.8 Å². The van der Waals surface area contributed by atoms with Crippen LogP contribution in [-0.4, -0.2) is 65.7 Å². The standard InChI is InChI=1S/C50H93O10P/c1-3-5-7-9-11-13-15-17-19-21-22-23-24-26-27-29-31-33-35-37-39-41-49(53)57-45-48(46-59-61(55,56)58-44-47(52)43-51)60-50(54)42-40-38-36-34-32-30-28-25-20-18-16-14-12-10-8-6-4-2/h6,8,12,14,18,20,47-48,51-52H,3-5,7,9-11,13,15-17,19,21-46H2,1-2H3,(H,55,56)/b8-6-,14-12-,20-18-. The molecule has 0 aromatic rings. The molecule has 0 saturated heterocycles. The quantitative estimate of drug-likeness (QED) is 0.0233. The number of phosphoric acid groups is 1. The topological polar surface area (TPSA) is 149 Å². The number of carbonyl (C=O) groups is 2. The molecule has 0 fully saturated rings. The van der Waals surface area contributed by atoms with Gasteiger partial charge in [-0.2, -0.15) is 0 Å². The van der Waals surface area contributed by atoms with Crippen molar-refractivity contribution < 1.29 is 47.8 Å². The number of allylic oxidation sites excluding steroid dienone is 6. The minimum atomic E-state index is -4.62. The molecule has 0 aromatic carbocycles. The number of ether oxygens (including phenoxy) is 2. The van der Waals surface area contributed by atoms with E-state index in [2.05, 4.69) is 50.3 Å². The zero-order valence-corrected chi connectivity index (χ0v) is 40.0. The van der Waals surface area contributed by atoms with Crippen LogP contribution in [0.2, 0.25) is 0 Å². The van der Waals surface area contributed by atoms with Crippen molar-refractivity contribution in [2.24, 2.45) is 0 Å². The Morgan fingerprint density at radius 1 is 0.508 bits per heavy atom. The van der Waals surface area contributed by atoms with Gasteiger partial charge in [0.2, 0.25) is 0 Å². The molecule has 61 heavy (non-hydrogen) atoms. The molecule has 0 aliphatic heterocycles. The summed E-state index contributed by atoms with van der Waals surface area (Å²) in [5.74, 6) is -0.926. The Bertz CT molecular complexity index is 1110. The number of aliphatic hydroxyl groups excluding tert-OH is 2. The Hall–Kier alpha value is -1.81. The zero-order chi connectivity index (χ0) is 44.8. The summed E-state index contributed by atoms with van der Waals surface area (Å²) >= 11 is 0. The molecule has 0 rings (SSSR count). The Morgan fingerprint density at radius 3 is 1.36 bits per heavy atom. The van der Waals surface area contributed by atoms with Gasteiger partial charge in [0.1, 0.15) is 12.7 Å². The Morgan fingerprint density at radius 2 is 0.902 bits per heavy atom. The lowest BCUT2D eigenvalue weighted by Gasteiger charge is -2.20. The predicted octanol–water partition coefficient (Wildman–Crippen LogP) is 13.9. The Balaban J connectivity index is 4.17. The van der Waals surface area contributed by atoms with Gasteiger partial charge in [-0.25, -0.2) is 4.57 Å². The van der Waals surface area contributed by atoms with E-state index in [1.54, 1.807) is 0 Å². The molecule has 0 aliphatic rings. The van der Waals surface area contributed by atoms with Crippen LogP contribution in [0.5, 0.6) is 0 Å². The van der Waals surface area contributed by atoms with Crippen LogP contribution in [0.25, 0.3) is 0 Å². The average molecular weight is 885 g/mol. The second-order valence-electron chi connectivity index (χ2n) is 16.8. The van der Waals surface area contributed by atoms with Crippen LogP contribution in [0, 0.1) is 0 Å². The molecular weight excluding hydrogens is 792 g/mol. The predicted molar refractivity (Wildman–Crippen MR) is 251 cm³/mol. The summed E-state index contributed by atoms with van der Waals surface area (Å²) in [6.45, 7) is 2.30. The van der Waals surface area contributed by atoms with Crippen molar-refractivity contribution in [1.29, 1.82) is 0 Å². The summed E-state index contributed by atoms with van der Waals surface area (Å²) in [6.07, 6.45) is 49.7. The highest BCUT2D eigenvalue weighted by molar-refractivity contribution is 7.47. The molecular formula is C50H93O10P. The summed E-state index contributed by atoms with van der Waals surface area (Å²) < 4.78 is 32.8. The first-order valence-corrected chi connectivity index (χ1v) is 26.4. The molecule has 11 heteroatoms. The van der Waals surface area contributed by atoms with E-state index in [1.165, 1.54) is 122 Å². The van der Waals surface area contributed by atoms with E-state index >= 15 is 0 Å². The summed E-state index contributed by atoms with van der Waals surface area (Å²) in [5, 5.41) is 18.4. The first kappa shape index (κ1) is 59.2. The van der Waals surface area contributed by atoms with Crippen LogP contribution in [0.1, 0.15) is 232 Å². The van der Waals surface area contributed by atoms with E-state index in [-0.39, 0.29) is 19.4 Å². The number of rotatable bonds is 47. The van der Waals surface area contributed by atoms with Gasteiger partial charge in [0.25, 0.3) is 0 Å². The highest BCUT2D eigenvalue weighted by atomic mass is 31.2. The van der Waals surface area contributed by atoms with Gasteiger partial charge >= 0.3 is 19.8 Å². The van der Waals surface area contributed by atoms with Crippen molar-refractivity contribution >= 4 is 19.8 Å². The number of carbonyl (C=O) groups excluding carboxylic acids is 2. The van der Waals surface area contributed by atoms with Gasteiger partial charge in [0.15, 0.2) is 6.10 Å². The van der Waals surface area contributed by atoms with Gasteiger partial charge in [-0.1, -0.05) is 211 Å². The maximum Gasteiger partial charge on any atom is 0.472 e. The van der Waals surface area contributed by atoms with Crippen molar-refractivity contribution in [1.82, 2.24) is 0 Å². The maximum absolute atomic E-state index is 12.7. The van der Waals surface area contributed by atoms with E-state index in [1.807, 2.05) is 0 Å². The van der Waals surface area contributed by atoms with E-state index in [4.69, 9.17) is 23.6 Å². The van der Waals surface area contributed by atoms with Crippen molar-refractivity contribution in [3.05, 3.63) is 36.5 Å². The van der Waals surface area contributed by atoms with E-state index < -0.39 is 51.8 Å². The molecule has 0 radical (unpaired) electrons. The first-order valence-electron chi connectivity index (χ1n) is 24.9. The number of hydrogen-bond donors (Lipinski definition) is 3. The minimum absolute atomic E-state index is 0.175. The van der Waals surface area contributed by atoms with Gasteiger partial charge in [-0.05, 0) is 44.9 Å². The summed E-state index contributed by atoms with van der Waals surface area (Å²) in [6, 6.07) is 0. The fraction of sp³-hybridized carbons (Fsp3) is 0.840. The highest BCUT2D eigenvalue weighted by Gasteiger charge is 2.27. The third-order valence-electron chi connectivity index (χ3n) is 10.8. The third kappa shape index (κ3) is 46.0. The molecule has 3 N–H and O–H groups in total. The van der Waals surface area contributed by atoms with Crippen molar-refractivity contribution in [2.45, 2.75) is 244 Å². The molecule has 0 heterocycles. The van der Waals surface area contributed by atoms with Gasteiger partial charge in [0, 0.05) is 12.8 Å². The molecule has 0 bridgehead atoms. The van der Waals surface area contributed by atoms with Gasteiger partial charge < -0.3 is 24.6 Å². The van der Waals surface area contributed by atoms with Gasteiger partial charge in [-0.3, -0.25) is 18.6 Å². The van der Waals surface area contributed by atoms with E-state index in [0.717, 1.165) is 70.6 Å². The molecule has 358 valence electrons. The lowest BCUT2D eigenvalue weighted by atomic mass is 10.0. The molecule has 3 atom stereocenters. The second kappa shape index (κ2) is 46.2. The Labute approximate surface area is 373 Å². The number of esters is 2. The fourth-order valence-corrected chi connectivity index (χ4v) is 7.80. The first-order chi connectivity index (χ1) is 29.7. The largest absolute Gasteiger partial charge is 0.472 e. The number of phosphoric ester groups is 1. The van der Waals surface area contributed by atoms with E-state index in [9.17, 15) is 24.2 Å². The molecule has 10 nitrogen and oxygen atoms in total. The third-order valence-corrected chi connectivity index (χ3v) is 11.8. The van der Waals surface area contributed by atoms with E-state index in [0.29, 0.717) is 12.8 Å². The minimum Gasteiger partial charge on any atom is -0.462 e. The summed E-state index contributed by atoms with van der Waals surface area (Å²) in [7, 11) is -4.62. The van der Waals surface area contributed by atoms with Gasteiger partial charge in [-0.15, -0.1) is 0 Å². The number of unbranched alkanes of at least 4 members (excludes halogenated alkanes) is 27.